The predicted octanol–water partition coefficient (Wildman–Crippen LogP) is 1.57. The molecule has 0 saturated heterocycles. The molecule has 0 aliphatic heterocycles. The second kappa shape index (κ2) is 7.14. The van der Waals surface area contributed by atoms with Gasteiger partial charge in [0.05, 0.1) is 18.3 Å². The standard InChI is InChI=1S/C18H20N4O3S/c23-4-3-11-8-19-17-14(9-20-22(17)10-11)18(25)21-16(12-6-13(24)7-12)15-2-1-5-26-15/h1-2,5,8-10,12-13,16,23-24H,3-4,6-7H2,(H,21,25)/t12?,13?,16-/m0/s1. The van der Waals surface area contributed by atoms with E-state index in [9.17, 15) is 9.90 Å². The number of hydrogen-bond acceptors (Lipinski definition) is 6. The molecule has 1 saturated carbocycles. The van der Waals surface area contributed by atoms with E-state index in [-0.39, 0.29) is 30.6 Å². The Bertz CT molecular complexity index is 902. The van der Waals surface area contributed by atoms with Crippen LogP contribution in [-0.2, 0) is 6.42 Å². The maximum Gasteiger partial charge on any atom is 0.257 e. The van der Waals surface area contributed by atoms with Crippen LogP contribution >= 0.6 is 11.3 Å². The molecule has 4 rings (SSSR count). The third kappa shape index (κ3) is 3.23. The smallest absolute Gasteiger partial charge is 0.257 e. The molecule has 7 nitrogen and oxygen atoms in total. The van der Waals surface area contributed by atoms with Crippen LogP contribution in [0.25, 0.3) is 5.65 Å². The molecule has 3 aromatic rings. The van der Waals surface area contributed by atoms with Crippen LogP contribution in [0, 0.1) is 5.92 Å². The zero-order valence-electron chi connectivity index (χ0n) is 14.1. The maximum atomic E-state index is 12.9. The van der Waals surface area contributed by atoms with Crippen molar-refractivity contribution in [2.45, 2.75) is 31.4 Å². The summed E-state index contributed by atoms with van der Waals surface area (Å²) in [6.45, 7) is 0.0392. The Hall–Kier alpha value is -2.29. The number of hydrogen-bond donors (Lipinski definition) is 3. The Balaban J connectivity index is 1.57. The Morgan fingerprint density at radius 1 is 1.42 bits per heavy atom. The van der Waals surface area contributed by atoms with Gasteiger partial charge in [0.2, 0.25) is 0 Å². The largest absolute Gasteiger partial charge is 0.396 e. The molecule has 1 aliphatic carbocycles. The Morgan fingerprint density at radius 2 is 2.27 bits per heavy atom. The van der Waals surface area contributed by atoms with Crippen LogP contribution < -0.4 is 5.32 Å². The van der Waals surface area contributed by atoms with Crippen molar-refractivity contribution in [2.24, 2.45) is 5.92 Å². The topological polar surface area (TPSA) is 99.8 Å². The summed E-state index contributed by atoms with van der Waals surface area (Å²) in [6.07, 6.45) is 6.55. The number of aliphatic hydroxyl groups is 2. The monoisotopic (exact) mass is 372 g/mol. The first-order valence-corrected chi connectivity index (χ1v) is 9.49. The minimum absolute atomic E-state index is 0.0392. The van der Waals surface area contributed by atoms with Gasteiger partial charge < -0.3 is 15.5 Å². The summed E-state index contributed by atoms with van der Waals surface area (Å²) in [6, 6.07) is 3.86. The van der Waals surface area contributed by atoms with E-state index in [2.05, 4.69) is 15.4 Å². The molecular formula is C18H20N4O3S. The van der Waals surface area contributed by atoms with Crippen molar-refractivity contribution in [1.29, 1.82) is 0 Å². The van der Waals surface area contributed by atoms with Crippen molar-refractivity contribution in [1.82, 2.24) is 19.9 Å². The molecule has 0 unspecified atom stereocenters. The van der Waals surface area contributed by atoms with Gasteiger partial charge >= 0.3 is 0 Å². The second-order valence-electron chi connectivity index (χ2n) is 6.61. The molecule has 1 aliphatic rings. The van der Waals surface area contributed by atoms with E-state index in [1.54, 1.807) is 28.2 Å². The average Bonchev–Trinajstić information content (AvgIpc) is 3.26. The van der Waals surface area contributed by atoms with E-state index in [4.69, 9.17) is 5.11 Å². The summed E-state index contributed by atoms with van der Waals surface area (Å²) < 4.78 is 1.56. The molecular weight excluding hydrogens is 352 g/mol. The summed E-state index contributed by atoms with van der Waals surface area (Å²) in [5.41, 5.74) is 1.76. The van der Waals surface area contributed by atoms with Gasteiger partial charge in [-0.05, 0) is 42.2 Å². The lowest BCUT2D eigenvalue weighted by molar-refractivity contribution is 0.0241. The van der Waals surface area contributed by atoms with Crippen molar-refractivity contribution in [3.63, 3.8) is 0 Å². The van der Waals surface area contributed by atoms with E-state index in [0.29, 0.717) is 30.5 Å². The van der Waals surface area contributed by atoms with Gasteiger partial charge in [0.15, 0.2) is 5.65 Å². The molecule has 0 spiro atoms. The summed E-state index contributed by atoms with van der Waals surface area (Å²) >= 11 is 1.60. The van der Waals surface area contributed by atoms with Crippen LogP contribution in [0.5, 0.6) is 0 Å². The quantitative estimate of drug-likeness (QED) is 0.610. The Kier molecular flexibility index (Phi) is 4.71. The fourth-order valence-corrected chi connectivity index (χ4v) is 4.21. The van der Waals surface area contributed by atoms with Crippen LogP contribution in [0.15, 0.2) is 36.1 Å². The van der Waals surface area contributed by atoms with Gasteiger partial charge in [-0.2, -0.15) is 5.10 Å². The highest BCUT2D eigenvalue weighted by Gasteiger charge is 2.36. The normalized spacial score (nSPS) is 20.7. The maximum absolute atomic E-state index is 12.9. The van der Waals surface area contributed by atoms with Crippen LogP contribution in [0.2, 0.25) is 0 Å². The Morgan fingerprint density at radius 3 is 2.96 bits per heavy atom. The summed E-state index contributed by atoms with van der Waals surface area (Å²) in [4.78, 5) is 18.3. The number of aliphatic hydroxyl groups excluding tert-OH is 2. The highest BCUT2D eigenvalue weighted by Crippen LogP contribution is 2.39. The van der Waals surface area contributed by atoms with Crippen LogP contribution in [0.1, 0.15) is 39.7 Å². The van der Waals surface area contributed by atoms with Crippen LogP contribution in [-0.4, -0.2) is 43.4 Å². The Labute approximate surface area is 154 Å². The minimum atomic E-state index is -0.275. The first kappa shape index (κ1) is 17.1. The molecule has 3 aromatic heterocycles. The van der Waals surface area contributed by atoms with Gasteiger partial charge in [-0.3, -0.25) is 4.79 Å². The van der Waals surface area contributed by atoms with Crippen molar-refractivity contribution in [3.8, 4) is 0 Å². The van der Waals surface area contributed by atoms with Gasteiger partial charge in [0.1, 0.15) is 5.56 Å². The fraction of sp³-hybridized carbons (Fsp3) is 0.389. The molecule has 1 amide bonds. The number of aromatic nitrogens is 3. The molecule has 0 radical (unpaired) electrons. The molecule has 1 fully saturated rings. The first-order chi connectivity index (χ1) is 12.7. The van der Waals surface area contributed by atoms with Gasteiger partial charge in [0.25, 0.3) is 5.91 Å². The molecule has 3 heterocycles. The van der Waals surface area contributed by atoms with Gasteiger partial charge in [-0.15, -0.1) is 11.3 Å². The summed E-state index contributed by atoms with van der Waals surface area (Å²) in [7, 11) is 0. The third-order valence-corrected chi connectivity index (χ3v) is 5.77. The molecule has 0 bridgehead atoms. The van der Waals surface area contributed by atoms with Crippen LogP contribution in [0.3, 0.4) is 0 Å². The zero-order valence-corrected chi connectivity index (χ0v) is 14.9. The van der Waals surface area contributed by atoms with Crippen molar-refractivity contribution >= 4 is 22.9 Å². The number of nitrogens with one attached hydrogen (secondary N) is 1. The lowest BCUT2D eigenvalue weighted by Gasteiger charge is -2.37. The highest BCUT2D eigenvalue weighted by molar-refractivity contribution is 7.10. The van der Waals surface area contributed by atoms with E-state index in [1.165, 1.54) is 6.20 Å². The molecule has 0 aromatic carbocycles. The lowest BCUT2D eigenvalue weighted by atomic mass is 9.76. The number of rotatable bonds is 6. The van der Waals surface area contributed by atoms with Crippen molar-refractivity contribution < 1.29 is 15.0 Å². The zero-order chi connectivity index (χ0) is 18.1. The van der Waals surface area contributed by atoms with E-state index in [1.807, 2.05) is 17.5 Å². The summed E-state index contributed by atoms with van der Waals surface area (Å²) in [5, 5.41) is 28.0. The average molecular weight is 372 g/mol. The van der Waals surface area contributed by atoms with E-state index >= 15 is 0 Å². The molecule has 8 heteroatoms. The number of nitrogens with zero attached hydrogens (tertiary/aromatic N) is 3. The molecule has 3 N–H and O–H groups in total. The molecule has 136 valence electrons. The van der Waals surface area contributed by atoms with Crippen LogP contribution in [0.4, 0.5) is 0 Å². The number of amides is 1. The number of thiophene rings is 1. The van der Waals surface area contributed by atoms with E-state index in [0.717, 1.165) is 10.4 Å². The first-order valence-electron chi connectivity index (χ1n) is 8.61. The van der Waals surface area contributed by atoms with Gasteiger partial charge in [0, 0.05) is 23.9 Å². The lowest BCUT2D eigenvalue weighted by Crippen LogP contribution is -2.41. The van der Waals surface area contributed by atoms with Gasteiger partial charge in [-0.25, -0.2) is 9.50 Å². The number of carbonyl (C=O) groups is 1. The predicted molar refractivity (Wildman–Crippen MR) is 97.0 cm³/mol. The molecule has 26 heavy (non-hydrogen) atoms. The van der Waals surface area contributed by atoms with Gasteiger partial charge in [-0.1, -0.05) is 6.07 Å². The van der Waals surface area contributed by atoms with Crippen molar-refractivity contribution in [2.75, 3.05) is 6.61 Å². The highest BCUT2D eigenvalue weighted by atomic mass is 32.1. The molecule has 1 atom stereocenters. The minimum Gasteiger partial charge on any atom is -0.396 e. The summed E-state index contributed by atoms with van der Waals surface area (Å²) in [5.74, 6) is 0.0146. The second-order valence-corrected chi connectivity index (χ2v) is 7.59. The number of carbonyl (C=O) groups excluding carboxylic acids is 1. The number of fused-ring (bicyclic) bond motifs is 1. The van der Waals surface area contributed by atoms with E-state index < -0.39 is 0 Å². The fourth-order valence-electron chi connectivity index (χ4n) is 3.34. The third-order valence-electron chi connectivity index (χ3n) is 4.81. The van der Waals surface area contributed by atoms with Crippen molar-refractivity contribution in [3.05, 3.63) is 52.1 Å². The SMILES string of the molecule is O=C(N[C@H](c1cccs1)C1CC(O)C1)c1cnn2cc(CCO)cnc12.